The molecule has 0 aliphatic carbocycles. The molecule has 0 spiro atoms. The first-order valence-electron chi connectivity index (χ1n) is 6.49. The van der Waals surface area contributed by atoms with Crippen molar-refractivity contribution >= 4 is 11.6 Å². The van der Waals surface area contributed by atoms with Crippen molar-refractivity contribution in [3.8, 4) is 0 Å². The standard InChI is InChI=1S/C14H26O2/c1-5-6-7-8-14(16)10-13(12(4)15)9-11(2)3/h11,13H,5-10H2,1-4H3/t13-/m1/s1. The third kappa shape index (κ3) is 7.61. The van der Waals surface area contributed by atoms with E-state index in [0.29, 0.717) is 18.8 Å². The van der Waals surface area contributed by atoms with Gasteiger partial charge in [-0.15, -0.1) is 0 Å². The van der Waals surface area contributed by atoms with E-state index in [-0.39, 0.29) is 17.5 Å². The van der Waals surface area contributed by atoms with Gasteiger partial charge in [0.1, 0.15) is 11.6 Å². The summed E-state index contributed by atoms with van der Waals surface area (Å²) in [5.74, 6) is 0.860. The number of carbonyl (C=O) groups is 2. The Morgan fingerprint density at radius 2 is 1.75 bits per heavy atom. The number of unbranched alkanes of at least 4 members (excludes halogenated alkanes) is 2. The predicted molar refractivity (Wildman–Crippen MR) is 67.4 cm³/mol. The molecule has 0 aliphatic rings. The highest BCUT2D eigenvalue weighted by molar-refractivity contribution is 5.86. The van der Waals surface area contributed by atoms with E-state index in [2.05, 4.69) is 20.8 Å². The third-order valence-corrected chi connectivity index (χ3v) is 2.86. The van der Waals surface area contributed by atoms with E-state index in [0.717, 1.165) is 25.7 Å². The van der Waals surface area contributed by atoms with Gasteiger partial charge in [0.15, 0.2) is 0 Å². The number of ketones is 2. The molecule has 2 nitrogen and oxygen atoms in total. The highest BCUT2D eigenvalue weighted by atomic mass is 16.1. The van der Waals surface area contributed by atoms with E-state index >= 15 is 0 Å². The van der Waals surface area contributed by atoms with E-state index in [1.807, 2.05) is 0 Å². The van der Waals surface area contributed by atoms with Crippen LogP contribution in [0.2, 0.25) is 0 Å². The van der Waals surface area contributed by atoms with Gasteiger partial charge in [0.25, 0.3) is 0 Å². The first-order chi connectivity index (χ1) is 7.47. The van der Waals surface area contributed by atoms with Crippen molar-refractivity contribution in [3.63, 3.8) is 0 Å². The zero-order chi connectivity index (χ0) is 12.6. The van der Waals surface area contributed by atoms with Crippen LogP contribution in [0.25, 0.3) is 0 Å². The van der Waals surface area contributed by atoms with Gasteiger partial charge >= 0.3 is 0 Å². The Labute approximate surface area is 99.8 Å². The van der Waals surface area contributed by atoms with Crippen LogP contribution in [0.5, 0.6) is 0 Å². The van der Waals surface area contributed by atoms with E-state index in [1.54, 1.807) is 6.92 Å². The zero-order valence-electron chi connectivity index (χ0n) is 11.2. The van der Waals surface area contributed by atoms with Gasteiger partial charge in [-0.1, -0.05) is 33.6 Å². The summed E-state index contributed by atoms with van der Waals surface area (Å²) in [6.07, 6.45) is 5.17. The van der Waals surface area contributed by atoms with Crippen LogP contribution >= 0.6 is 0 Å². The Hall–Kier alpha value is -0.660. The minimum Gasteiger partial charge on any atom is -0.300 e. The topological polar surface area (TPSA) is 34.1 Å². The van der Waals surface area contributed by atoms with Crippen molar-refractivity contribution in [2.75, 3.05) is 0 Å². The molecule has 0 rings (SSSR count). The van der Waals surface area contributed by atoms with Gasteiger partial charge < -0.3 is 0 Å². The quantitative estimate of drug-likeness (QED) is 0.561. The minimum atomic E-state index is -0.0471. The molecular formula is C14H26O2. The monoisotopic (exact) mass is 226 g/mol. The van der Waals surface area contributed by atoms with Crippen molar-refractivity contribution < 1.29 is 9.59 Å². The zero-order valence-corrected chi connectivity index (χ0v) is 11.2. The van der Waals surface area contributed by atoms with Gasteiger partial charge in [0.05, 0.1) is 0 Å². The third-order valence-electron chi connectivity index (χ3n) is 2.86. The molecule has 0 aliphatic heterocycles. The molecule has 0 fully saturated rings. The largest absolute Gasteiger partial charge is 0.300 e. The Balaban J connectivity index is 3.98. The van der Waals surface area contributed by atoms with Gasteiger partial charge in [-0.2, -0.15) is 0 Å². The summed E-state index contributed by atoms with van der Waals surface area (Å²) in [5.41, 5.74) is 0. The first kappa shape index (κ1) is 15.3. The SMILES string of the molecule is CCCCCC(=O)C[C@@H](CC(C)C)C(C)=O. The van der Waals surface area contributed by atoms with Gasteiger partial charge in [0, 0.05) is 18.8 Å². The number of rotatable bonds is 9. The van der Waals surface area contributed by atoms with Crippen molar-refractivity contribution in [1.29, 1.82) is 0 Å². The highest BCUT2D eigenvalue weighted by Gasteiger charge is 2.19. The first-order valence-corrected chi connectivity index (χ1v) is 6.49. The lowest BCUT2D eigenvalue weighted by Gasteiger charge is -2.15. The molecule has 0 N–H and O–H groups in total. The number of hydrogen-bond acceptors (Lipinski definition) is 2. The Bertz CT molecular complexity index is 219. The van der Waals surface area contributed by atoms with Crippen LogP contribution < -0.4 is 0 Å². The Morgan fingerprint density at radius 3 is 2.19 bits per heavy atom. The molecule has 0 heterocycles. The lowest BCUT2D eigenvalue weighted by molar-refractivity contribution is -0.127. The van der Waals surface area contributed by atoms with Gasteiger partial charge in [-0.25, -0.2) is 0 Å². The van der Waals surface area contributed by atoms with E-state index in [1.165, 1.54) is 0 Å². The lowest BCUT2D eigenvalue weighted by atomic mass is 9.88. The number of carbonyl (C=O) groups excluding carboxylic acids is 2. The maximum absolute atomic E-state index is 11.7. The van der Waals surface area contributed by atoms with Crippen LogP contribution in [0.4, 0.5) is 0 Å². The molecule has 0 bridgehead atoms. The average molecular weight is 226 g/mol. The second-order valence-electron chi connectivity index (χ2n) is 5.14. The molecule has 1 atom stereocenters. The fraction of sp³-hybridized carbons (Fsp3) is 0.857. The fourth-order valence-corrected chi connectivity index (χ4v) is 1.91. The van der Waals surface area contributed by atoms with E-state index in [9.17, 15) is 9.59 Å². The molecule has 0 amide bonds. The summed E-state index contributed by atoms with van der Waals surface area (Å²) in [7, 11) is 0. The Morgan fingerprint density at radius 1 is 1.12 bits per heavy atom. The summed E-state index contributed by atoms with van der Waals surface area (Å²) in [6.45, 7) is 7.92. The van der Waals surface area contributed by atoms with Crippen LogP contribution in [0, 0.1) is 11.8 Å². The molecule has 0 saturated carbocycles. The summed E-state index contributed by atoms with van der Waals surface area (Å²) in [5, 5.41) is 0. The fourth-order valence-electron chi connectivity index (χ4n) is 1.91. The molecule has 0 saturated heterocycles. The molecule has 0 aromatic carbocycles. The van der Waals surface area contributed by atoms with Crippen LogP contribution in [-0.4, -0.2) is 11.6 Å². The van der Waals surface area contributed by atoms with Crippen LogP contribution in [0.15, 0.2) is 0 Å². The molecule has 0 radical (unpaired) electrons. The highest BCUT2D eigenvalue weighted by Crippen LogP contribution is 2.18. The van der Waals surface area contributed by atoms with Gasteiger partial charge in [-0.05, 0) is 25.7 Å². The number of Topliss-reactive ketones (excluding diaryl/α,β-unsaturated/α-hetero) is 2. The van der Waals surface area contributed by atoms with Crippen LogP contribution in [0.3, 0.4) is 0 Å². The maximum atomic E-state index is 11.7. The molecular weight excluding hydrogens is 200 g/mol. The van der Waals surface area contributed by atoms with Crippen molar-refractivity contribution in [2.45, 2.75) is 66.2 Å². The smallest absolute Gasteiger partial charge is 0.133 e. The maximum Gasteiger partial charge on any atom is 0.133 e. The van der Waals surface area contributed by atoms with Gasteiger partial charge in [0.2, 0.25) is 0 Å². The molecule has 2 heteroatoms. The van der Waals surface area contributed by atoms with E-state index < -0.39 is 0 Å². The minimum absolute atomic E-state index is 0.0471. The van der Waals surface area contributed by atoms with Crippen LogP contribution in [0.1, 0.15) is 66.2 Å². The van der Waals surface area contributed by atoms with E-state index in [4.69, 9.17) is 0 Å². The lowest BCUT2D eigenvalue weighted by Crippen LogP contribution is -2.18. The van der Waals surface area contributed by atoms with Gasteiger partial charge in [-0.3, -0.25) is 9.59 Å². The predicted octanol–water partition coefficient (Wildman–Crippen LogP) is 3.78. The average Bonchev–Trinajstić information content (AvgIpc) is 2.16. The summed E-state index contributed by atoms with van der Waals surface area (Å²) < 4.78 is 0. The second-order valence-corrected chi connectivity index (χ2v) is 5.14. The number of hydrogen-bond donors (Lipinski definition) is 0. The molecule has 0 aromatic heterocycles. The molecule has 0 unspecified atom stereocenters. The van der Waals surface area contributed by atoms with Crippen molar-refractivity contribution in [3.05, 3.63) is 0 Å². The molecule has 16 heavy (non-hydrogen) atoms. The van der Waals surface area contributed by atoms with Crippen molar-refractivity contribution in [2.24, 2.45) is 11.8 Å². The Kier molecular flexibility index (Phi) is 8.14. The summed E-state index contributed by atoms with van der Waals surface area (Å²) in [6, 6.07) is 0. The second kappa shape index (κ2) is 8.49. The van der Waals surface area contributed by atoms with Crippen molar-refractivity contribution in [1.82, 2.24) is 0 Å². The summed E-state index contributed by atoms with van der Waals surface area (Å²) >= 11 is 0. The normalized spacial score (nSPS) is 12.8. The molecule has 94 valence electrons. The molecule has 0 aromatic rings. The van der Waals surface area contributed by atoms with Crippen LogP contribution in [-0.2, 0) is 9.59 Å². The summed E-state index contributed by atoms with van der Waals surface area (Å²) in [4.78, 5) is 23.1.